The van der Waals surface area contributed by atoms with E-state index >= 15 is 0 Å². The lowest BCUT2D eigenvalue weighted by molar-refractivity contribution is -0.137. The van der Waals surface area contributed by atoms with Gasteiger partial charge in [-0.3, -0.25) is 0 Å². The molecule has 0 amide bonds. The minimum atomic E-state index is -4.38. The number of aliphatic hydroxyl groups is 1. The number of benzene rings is 1. The first-order chi connectivity index (χ1) is 9.71. The van der Waals surface area contributed by atoms with E-state index in [0.717, 1.165) is 12.1 Å². The molecule has 0 aliphatic rings. The number of alkyl halides is 3. The molecule has 3 nitrogen and oxygen atoms in total. The van der Waals surface area contributed by atoms with E-state index < -0.39 is 17.8 Å². The van der Waals surface area contributed by atoms with Gasteiger partial charge in [0.15, 0.2) is 0 Å². The van der Waals surface area contributed by atoms with Crippen molar-refractivity contribution in [3.05, 3.63) is 53.1 Å². The van der Waals surface area contributed by atoms with Crippen LogP contribution in [0.1, 0.15) is 48.4 Å². The van der Waals surface area contributed by atoms with Crippen LogP contribution >= 0.6 is 0 Å². The summed E-state index contributed by atoms with van der Waals surface area (Å²) in [6.45, 7) is 5.44. The summed E-state index contributed by atoms with van der Waals surface area (Å²) in [5.41, 5.74) is 0.695. The average Bonchev–Trinajstić information content (AvgIpc) is 2.86. The van der Waals surface area contributed by atoms with Gasteiger partial charge in [-0.1, -0.05) is 6.07 Å². The molecule has 0 spiro atoms. The Morgan fingerprint density at radius 2 is 1.90 bits per heavy atom. The molecule has 0 fully saturated rings. The van der Waals surface area contributed by atoms with E-state index in [-0.39, 0.29) is 6.04 Å². The Balaban J connectivity index is 2.40. The van der Waals surface area contributed by atoms with Gasteiger partial charge in [0, 0.05) is 6.04 Å². The number of nitrogens with zero attached hydrogens (tertiary/aromatic N) is 2. The summed E-state index contributed by atoms with van der Waals surface area (Å²) in [4.78, 5) is 4.00. The van der Waals surface area contributed by atoms with E-state index in [4.69, 9.17) is 0 Å². The molecule has 1 N–H and O–H groups in total. The van der Waals surface area contributed by atoms with Gasteiger partial charge in [0.25, 0.3) is 0 Å². The molecular weight excluding hydrogens is 281 g/mol. The number of halogens is 3. The topological polar surface area (TPSA) is 38.1 Å². The van der Waals surface area contributed by atoms with Gasteiger partial charge in [0.2, 0.25) is 0 Å². The first-order valence-electron chi connectivity index (χ1n) is 6.59. The van der Waals surface area contributed by atoms with E-state index in [1.165, 1.54) is 12.3 Å². The number of aryl methyl sites for hydroxylation is 1. The molecule has 2 aromatic rings. The fourth-order valence-electron chi connectivity index (χ4n) is 2.28. The zero-order chi connectivity index (χ0) is 15.8. The summed E-state index contributed by atoms with van der Waals surface area (Å²) in [6, 6.07) is 3.46. The fourth-order valence-corrected chi connectivity index (χ4v) is 2.28. The zero-order valence-corrected chi connectivity index (χ0v) is 12.0. The lowest BCUT2D eigenvalue weighted by Gasteiger charge is -2.19. The van der Waals surface area contributed by atoms with Crippen LogP contribution in [0.25, 0.3) is 0 Å². The Morgan fingerprint density at radius 3 is 2.43 bits per heavy atom. The zero-order valence-electron chi connectivity index (χ0n) is 12.0. The SMILES string of the molecule is Cc1cc(C(F)(F)F)ccc1C(O)c1cncn1C(C)C. The highest BCUT2D eigenvalue weighted by atomic mass is 19.4. The standard InChI is InChI=1S/C15H17F3N2O/c1-9(2)20-8-19-7-13(20)14(21)12-5-4-11(6-10(12)3)15(16,17)18/h4-9,14,21H,1-3H3. The molecule has 0 aliphatic carbocycles. The van der Waals surface area contributed by atoms with Crippen molar-refractivity contribution in [2.75, 3.05) is 0 Å². The summed E-state index contributed by atoms with van der Waals surface area (Å²) >= 11 is 0. The number of aromatic nitrogens is 2. The molecule has 1 atom stereocenters. The van der Waals surface area contributed by atoms with Crippen LogP contribution in [-0.4, -0.2) is 14.7 Å². The molecule has 0 bridgehead atoms. The maximum Gasteiger partial charge on any atom is 0.416 e. The molecule has 0 aliphatic heterocycles. The number of aliphatic hydroxyl groups excluding tert-OH is 1. The van der Waals surface area contributed by atoms with Gasteiger partial charge in [-0.25, -0.2) is 4.98 Å². The fraction of sp³-hybridized carbons (Fsp3) is 0.400. The number of hydrogen-bond donors (Lipinski definition) is 1. The molecule has 6 heteroatoms. The summed E-state index contributed by atoms with van der Waals surface area (Å²) in [7, 11) is 0. The average molecular weight is 298 g/mol. The van der Waals surface area contributed by atoms with Crippen LogP contribution in [-0.2, 0) is 6.18 Å². The molecule has 1 unspecified atom stereocenters. The molecule has 1 heterocycles. The first kappa shape index (κ1) is 15.6. The van der Waals surface area contributed by atoms with Gasteiger partial charge in [-0.15, -0.1) is 0 Å². The Hall–Kier alpha value is -1.82. The molecule has 0 saturated carbocycles. The van der Waals surface area contributed by atoms with Crippen molar-refractivity contribution in [3.63, 3.8) is 0 Å². The summed E-state index contributed by atoms with van der Waals surface area (Å²) < 4.78 is 39.8. The van der Waals surface area contributed by atoms with Crippen LogP contribution < -0.4 is 0 Å². The number of rotatable bonds is 3. The van der Waals surface area contributed by atoms with Crippen molar-refractivity contribution in [1.29, 1.82) is 0 Å². The minimum absolute atomic E-state index is 0.104. The maximum absolute atomic E-state index is 12.7. The largest absolute Gasteiger partial charge is 0.416 e. The third kappa shape index (κ3) is 3.10. The van der Waals surface area contributed by atoms with Gasteiger partial charge in [0.1, 0.15) is 6.10 Å². The van der Waals surface area contributed by atoms with E-state index in [1.807, 2.05) is 13.8 Å². The van der Waals surface area contributed by atoms with Crippen LogP contribution in [0.4, 0.5) is 13.2 Å². The molecular formula is C15H17F3N2O. The Bertz CT molecular complexity index is 632. The lowest BCUT2D eigenvalue weighted by Crippen LogP contribution is -2.12. The molecule has 0 saturated heterocycles. The van der Waals surface area contributed by atoms with E-state index in [2.05, 4.69) is 4.98 Å². The van der Waals surface area contributed by atoms with E-state index in [0.29, 0.717) is 16.8 Å². The molecule has 114 valence electrons. The van der Waals surface area contributed by atoms with Crippen molar-refractivity contribution in [2.24, 2.45) is 0 Å². The summed E-state index contributed by atoms with van der Waals surface area (Å²) in [5, 5.41) is 10.4. The van der Waals surface area contributed by atoms with Crippen LogP contribution in [0, 0.1) is 6.92 Å². The van der Waals surface area contributed by atoms with Gasteiger partial charge in [0.05, 0.1) is 23.8 Å². The molecule has 21 heavy (non-hydrogen) atoms. The molecule has 0 radical (unpaired) electrons. The van der Waals surface area contributed by atoms with Crippen molar-refractivity contribution in [1.82, 2.24) is 9.55 Å². The minimum Gasteiger partial charge on any atom is -0.382 e. The third-order valence-electron chi connectivity index (χ3n) is 3.42. The van der Waals surface area contributed by atoms with Crippen LogP contribution in [0.5, 0.6) is 0 Å². The van der Waals surface area contributed by atoms with Crippen molar-refractivity contribution in [2.45, 2.75) is 39.1 Å². The maximum atomic E-state index is 12.7. The van der Waals surface area contributed by atoms with Crippen molar-refractivity contribution >= 4 is 0 Å². The highest BCUT2D eigenvalue weighted by molar-refractivity contribution is 5.37. The van der Waals surface area contributed by atoms with Crippen LogP contribution in [0.3, 0.4) is 0 Å². The smallest absolute Gasteiger partial charge is 0.382 e. The Morgan fingerprint density at radius 1 is 1.24 bits per heavy atom. The lowest BCUT2D eigenvalue weighted by atomic mass is 9.98. The van der Waals surface area contributed by atoms with Crippen molar-refractivity contribution in [3.8, 4) is 0 Å². The second-order valence-corrected chi connectivity index (χ2v) is 5.29. The summed E-state index contributed by atoms with van der Waals surface area (Å²) in [6.07, 6.45) is -2.25. The quantitative estimate of drug-likeness (QED) is 0.934. The van der Waals surface area contributed by atoms with Crippen LogP contribution in [0.2, 0.25) is 0 Å². The highest BCUT2D eigenvalue weighted by Gasteiger charge is 2.31. The van der Waals surface area contributed by atoms with E-state index in [1.54, 1.807) is 17.8 Å². The van der Waals surface area contributed by atoms with Gasteiger partial charge in [-0.2, -0.15) is 13.2 Å². The van der Waals surface area contributed by atoms with Crippen LogP contribution in [0.15, 0.2) is 30.7 Å². The molecule has 1 aromatic heterocycles. The Kier molecular flexibility index (Phi) is 4.09. The van der Waals surface area contributed by atoms with Gasteiger partial charge in [-0.05, 0) is 44.0 Å². The summed E-state index contributed by atoms with van der Waals surface area (Å²) in [5.74, 6) is 0. The first-order valence-corrected chi connectivity index (χ1v) is 6.59. The monoisotopic (exact) mass is 298 g/mol. The highest BCUT2D eigenvalue weighted by Crippen LogP contribution is 2.33. The normalized spacial score (nSPS) is 13.7. The molecule has 2 rings (SSSR count). The third-order valence-corrected chi connectivity index (χ3v) is 3.42. The van der Waals surface area contributed by atoms with Gasteiger partial charge >= 0.3 is 6.18 Å². The van der Waals surface area contributed by atoms with E-state index in [9.17, 15) is 18.3 Å². The Labute approximate surface area is 121 Å². The predicted molar refractivity (Wildman–Crippen MR) is 72.9 cm³/mol. The number of imidazole rings is 1. The van der Waals surface area contributed by atoms with Crippen molar-refractivity contribution < 1.29 is 18.3 Å². The number of hydrogen-bond acceptors (Lipinski definition) is 2. The second kappa shape index (κ2) is 5.52. The predicted octanol–water partition coefficient (Wildman–Crippen LogP) is 3.87. The van der Waals surface area contributed by atoms with Gasteiger partial charge < -0.3 is 9.67 Å². The molecule has 1 aromatic carbocycles. The second-order valence-electron chi connectivity index (χ2n) is 5.29.